The number of esters is 1. The van der Waals surface area contributed by atoms with Gasteiger partial charge in [0, 0.05) is 30.5 Å². The van der Waals surface area contributed by atoms with Crippen LogP contribution in [0.4, 0.5) is 5.69 Å². The van der Waals surface area contributed by atoms with Gasteiger partial charge in [-0.25, -0.2) is 4.79 Å². The van der Waals surface area contributed by atoms with Crippen LogP contribution in [0.2, 0.25) is 0 Å². The molecule has 0 saturated heterocycles. The van der Waals surface area contributed by atoms with Crippen molar-refractivity contribution >= 4 is 34.8 Å². The van der Waals surface area contributed by atoms with Crippen LogP contribution in [0, 0.1) is 10.1 Å². The highest BCUT2D eigenvalue weighted by atomic mass is 32.1. The first-order valence-electron chi connectivity index (χ1n) is 9.54. The van der Waals surface area contributed by atoms with Crippen molar-refractivity contribution in [3.8, 4) is 11.5 Å². The van der Waals surface area contributed by atoms with Gasteiger partial charge < -0.3 is 19.7 Å². The van der Waals surface area contributed by atoms with E-state index in [2.05, 4.69) is 5.32 Å². The molecule has 0 aliphatic carbocycles. The van der Waals surface area contributed by atoms with Gasteiger partial charge in [0.25, 0.3) is 5.69 Å². The van der Waals surface area contributed by atoms with Gasteiger partial charge >= 0.3 is 5.97 Å². The number of hydrogen-bond donors (Lipinski definition) is 1. The lowest BCUT2D eigenvalue weighted by molar-refractivity contribution is -0.384. The zero-order valence-electron chi connectivity index (χ0n) is 17.9. The van der Waals surface area contributed by atoms with Gasteiger partial charge in [-0.2, -0.15) is 0 Å². The number of rotatable bonds is 6. The van der Waals surface area contributed by atoms with E-state index >= 15 is 0 Å². The van der Waals surface area contributed by atoms with Gasteiger partial charge in [-0.05, 0) is 49.8 Å². The van der Waals surface area contributed by atoms with Gasteiger partial charge in [-0.3, -0.25) is 14.9 Å². The van der Waals surface area contributed by atoms with Gasteiger partial charge in [0.15, 0.2) is 22.4 Å². The lowest BCUT2D eigenvalue weighted by Gasteiger charge is -2.35. The van der Waals surface area contributed by atoms with Gasteiger partial charge in [-0.15, -0.1) is 0 Å². The standard InChI is InChI=1S/C22H21N3O6S/c1-12-19(13(2)26)20(23-22(32)24(12)3)14-8-9-17(18(11-14)30-4)31-21(27)15-6-5-7-16(10-15)25(28)29/h5-11,20H,1-4H3,(H,23,32). The molecule has 0 saturated carbocycles. The van der Waals surface area contributed by atoms with Crippen LogP contribution in [-0.4, -0.2) is 40.8 Å². The van der Waals surface area contributed by atoms with Crippen molar-refractivity contribution in [2.45, 2.75) is 19.9 Å². The zero-order chi connectivity index (χ0) is 23.6. The fourth-order valence-corrected chi connectivity index (χ4v) is 3.65. The summed E-state index contributed by atoms with van der Waals surface area (Å²) < 4.78 is 10.8. The SMILES string of the molecule is COc1cc(C2NC(=S)N(C)C(C)=C2C(C)=O)ccc1OC(=O)c1cccc([N+](=O)[O-])c1. The summed E-state index contributed by atoms with van der Waals surface area (Å²) in [6.45, 7) is 3.31. The number of methoxy groups -OCH3 is 1. The predicted molar refractivity (Wildman–Crippen MR) is 121 cm³/mol. The molecule has 9 nitrogen and oxygen atoms in total. The molecular weight excluding hydrogens is 434 g/mol. The Labute approximate surface area is 189 Å². The number of allylic oxidation sites excluding steroid dienone is 1. The fourth-order valence-electron chi connectivity index (χ4n) is 3.40. The van der Waals surface area contributed by atoms with Crippen LogP contribution >= 0.6 is 12.2 Å². The number of nitro groups is 1. The molecule has 1 atom stereocenters. The number of thiocarbonyl (C=S) groups is 1. The highest BCUT2D eigenvalue weighted by Crippen LogP contribution is 2.36. The average molecular weight is 455 g/mol. The minimum atomic E-state index is -0.765. The van der Waals surface area contributed by atoms with Crippen molar-refractivity contribution in [2.75, 3.05) is 14.2 Å². The van der Waals surface area contributed by atoms with Gasteiger partial charge in [0.1, 0.15) is 0 Å². The van der Waals surface area contributed by atoms with E-state index in [1.54, 1.807) is 30.1 Å². The van der Waals surface area contributed by atoms with Crippen molar-refractivity contribution in [1.29, 1.82) is 0 Å². The number of benzene rings is 2. The number of nitrogens with one attached hydrogen (secondary N) is 1. The number of nitrogens with zero attached hydrogens (tertiary/aromatic N) is 2. The molecule has 0 spiro atoms. The maximum atomic E-state index is 12.5. The van der Waals surface area contributed by atoms with Crippen LogP contribution in [-0.2, 0) is 4.79 Å². The summed E-state index contributed by atoms with van der Waals surface area (Å²) in [7, 11) is 3.20. The molecule has 0 aromatic heterocycles. The Morgan fingerprint density at radius 1 is 1.19 bits per heavy atom. The van der Waals surface area contributed by atoms with Crippen molar-refractivity contribution < 1.29 is 24.0 Å². The molecule has 0 amide bonds. The number of non-ortho nitro benzene ring substituents is 1. The highest BCUT2D eigenvalue weighted by Gasteiger charge is 2.31. The Morgan fingerprint density at radius 3 is 2.53 bits per heavy atom. The fraction of sp³-hybridized carbons (Fsp3) is 0.227. The number of Topliss-reactive ketones (excluding diaryl/α,β-unsaturated/α-hetero) is 1. The second kappa shape index (κ2) is 9.15. The van der Waals surface area contributed by atoms with Gasteiger partial charge in [-0.1, -0.05) is 12.1 Å². The molecule has 1 aliphatic rings. The van der Waals surface area contributed by atoms with Crippen LogP contribution in [0.25, 0.3) is 0 Å². The van der Waals surface area contributed by atoms with Crippen LogP contribution in [0.3, 0.4) is 0 Å². The number of carbonyl (C=O) groups excluding carboxylic acids is 2. The molecule has 1 aliphatic heterocycles. The number of ketones is 1. The summed E-state index contributed by atoms with van der Waals surface area (Å²) in [4.78, 5) is 36.9. The number of nitro benzene ring substituents is 1. The Hall–Kier alpha value is -3.79. The smallest absolute Gasteiger partial charge is 0.343 e. The molecule has 10 heteroatoms. The maximum Gasteiger partial charge on any atom is 0.343 e. The highest BCUT2D eigenvalue weighted by molar-refractivity contribution is 7.80. The molecule has 1 N–H and O–H groups in total. The first-order chi connectivity index (χ1) is 15.1. The van der Waals surface area contributed by atoms with E-state index in [4.69, 9.17) is 21.7 Å². The minimum Gasteiger partial charge on any atom is -0.493 e. The molecule has 2 aromatic carbocycles. The number of carbonyl (C=O) groups is 2. The summed E-state index contributed by atoms with van der Waals surface area (Å²) >= 11 is 5.37. The Bertz CT molecular complexity index is 1160. The van der Waals surface area contributed by atoms with Crippen LogP contribution in [0.5, 0.6) is 11.5 Å². The van der Waals surface area contributed by atoms with E-state index in [1.807, 2.05) is 6.92 Å². The molecule has 32 heavy (non-hydrogen) atoms. The average Bonchev–Trinajstić information content (AvgIpc) is 2.77. The zero-order valence-corrected chi connectivity index (χ0v) is 18.7. The first kappa shape index (κ1) is 22.9. The van der Waals surface area contributed by atoms with E-state index < -0.39 is 16.9 Å². The molecular formula is C22H21N3O6S. The quantitative estimate of drug-likeness (QED) is 0.230. The molecule has 1 heterocycles. The summed E-state index contributed by atoms with van der Waals surface area (Å²) in [5.41, 5.74) is 1.81. The molecule has 0 fully saturated rings. The van der Waals surface area contributed by atoms with Gasteiger partial charge in [0.2, 0.25) is 0 Å². The lowest BCUT2D eigenvalue weighted by atomic mass is 9.92. The molecule has 166 valence electrons. The number of ether oxygens (including phenoxy) is 2. The van der Waals surface area contributed by atoms with E-state index in [0.29, 0.717) is 16.2 Å². The summed E-state index contributed by atoms with van der Waals surface area (Å²) in [5.74, 6) is -0.477. The van der Waals surface area contributed by atoms with Crippen molar-refractivity contribution in [3.05, 3.63) is 75.0 Å². The third-order valence-corrected chi connectivity index (χ3v) is 5.54. The number of hydrogen-bond acceptors (Lipinski definition) is 7. The van der Waals surface area contributed by atoms with Crippen LogP contribution in [0.15, 0.2) is 53.7 Å². The molecule has 1 unspecified atom stereocenters. The third-order valence-electron chi connectivity index (χ3n) is 5.15. The first-order valence-corrected chi connectivity index (χ1v) is 9.95. The van der Waals surface area contributed by atoms with Crippen molar-refractivity contribution in [2.24, 2.45) is 0 Å². The summed E-state index contributed by atoms with van der Waals surface area (Å²) in [6.07, 6.45) is 0. The molecule has 2 aromatic rings. The Morgan fingerprint density at radius 2 is 1.91 bits per heavy atom. The predicted octanol–water partition coefficient (Wildman–Crippen LogP) is 3.55. The summed E-state index contributed by atoms with van der Waals surface area (Å²) in [5, 5.41) is 14.6. The van der Waals surface area contributed by atoms with E-state index in [0.717, 1.165) is 11.8 Å². The molecule has 3 rings (SSSR count). The monoisotopic (exact) mass is 455 g/mol. The van der Waals surface area contributed by atoms with E-state index in [9.17, 15) is 19.7 Å². The van der Waals surface area contributed by atoms with E-state index in [1.165, 1.54) is 32.2 Å². The lowest BCUT2D eigenvalue weighted by Crippen LogP contribution is -2.45. The second-order valence-corrected chi connectivity index (χ2v) is 7.49. The van der Waals surface area contributed by atoms with E-state index in [-0.39, 0.29) is 28.5 Å². The topological polar surface area (TPSA) is 111 Å². The van der Waals surface area contributed by atoms with Crippen molar-refractivity contribution in [1.82, 2.24) is 10.2 Å². The van der Waals surface area contributed by atoms with Crippen molar-refractivity contribution in [3.63, 3.8) is 0 Å². The normalized spacial score (nSPS) is 15.8. The molecule has 0 radical (unpaired) electrons. The second-order valence-electron chi connectivity index (χ2n) is 7.10. The minimum absolute atomic E-state index is 0.0325. The van der Waals surface area contributed by atoms with Crippen LogP contribution in [0.1, 0.15) is 35.8 Å². The van der Waals surface area contributed by atoms with Crippen LogP contribution < -0.4 is 14.8 Å². The molecule has 0 bridgehead atoms. The van der Waals surface area contributed by atoms with Gasteiger partial charge in [0.05, 0.1) is 23.6 Å². The Kier molecular flexibility index (Phi) is 6.54. The summed E-state index contributed by atoms with van der Waals surface area (Å²) in [6, 6.07) is 9.64. The largest absolute Gasteiger partial charge is 0.493 e. The maximum absolute atomic E-state index is 12.5. The third kappa shape index (κ3) is 4.45. The Balaban J connectivity index is 1.93.